The fraction of sp³-hybridized carbons (Fsp3) is 0.333. The lowest BCUT2D eigenvalue weighted by Crippen LogP contribution is -2.25. The van der Waals surface area contributed by atoms with Crippen LogP contribution in [0.5, 0.6) is 5.75 Å². The van der Waals surface area contributed by atoms with E-state index < -0.39 is 24.3 Å². The molecule has 1 aromatic rings. The SMILES string of the molecule is CCOc1ccc(C(=O)OCC(=O)[C@@H](C#N)C(C)=N)cc1. The summed E-state index contributed by atoms with van der Waals surface area (Å²) in [5, 5.41) is 16.1. The number of benzene rings is 1. The highest BCUT2D eigenvalue weighted by Gasteiger charge is 2.21. The number of Topliss-reactive ketones (excluding diaryl/α,β-unsaturated/α-hetero) is 1. The van der Waals surface area contributed by atoms with E-state index in [1.165, 1.54) is 19.1 Å². The summed E-state index contributed by atoms with van der Waals surface area (Å²) in [6, 6.07) is 8.02. The number of esters is 1. The Bertz CT molecular complexity index is 572. The molecule has 0 unspecified atom stereocenters. The molecule has 21 heavy (non-hydrogen) atoms. The summed E-state index contributed by atoms with van der Waals surface area (Å²) in [6.07, 6.45) is 0. The molecular weight excluding hydrogens is 272 g/mol. The van der Waals surface area contributed by atoms with Crippen molar-refractivity contribution in [3.8, 4) is 11.8 Å². The molecule has 0 aromatic heterocycles. The van der Waals surface area contributed by atoms with E-state index in [9.17, 15) is 9.59 Å². The van der Waals surface area contributed by atoms with E-state index in [1.807, 2.05) is 6.92 Å². The fourth-order valence-electron chi connectivity index (χ4n) is 1.57. The predicted molar refractivity (Wildman–Crippen MR) is 75.4 cm³/mol. The van der Waals surface area contributed by atoms with Gasteiger partial charge in [0.15, 0.2) is 12.4 Å². The van der Waals surface area contributed by atoms with Crippen LogP contribution in [0.25, 0.3) is 0 Å². The van der Waals surface area contributed by atoms with Gasteiger partial charge in [0, 0.05) is 5.71 Å². The molecule has 0 aliphatic heterocycles. The third kappa shape index (κ3) is 4.73. The highest BCUT2D eigenvalue weighted by Crippen LogP contribution is 2.13. The van der Waals surface area contributed by atoms with E-state index in [-0.39, 0.29) is 11.3 Å². The van der Waals surface area contributed by atoms with Crippen LogP contribution < -0.4 is 4.74 Å². The number of carbonyl (C=O) groups is 2. The molecule has 0 aliphatic carbocycles. The van der Waals surface area contributed by atoms with E-state index in [2.05, 4.69) is 0 Å². The molecule has 110 valence electrons. The number of ether oxygens (including phenoxy) is 2. The van der Waals surface area contributed by atoms with Crippen LogP contribution in [0.2, 0.25) is 0 Å². The van der Waals surface area contributed by atoms with Gasteiger partial charge < -0.3 is 14.9 Å². The molecule has 0 bridgehead atoms. The van der Waals surface area contributed by atoms with E-state index >= 15 is 0 Å². The normalized spacial score (nSPS) is 11.1. The highest BCUT2D eigenvalue weighted by molar-refractivity contribution is 6.06. The molecule has 1 atom stereocenters. The van der Waals surface area contributed by atoms with Crippen molar-refractivity contribution in [2.75, 3.05) is 13.2 Å². The summed E-state index contributed by atoms with van der Waals surface area (Å²) >= 11 is 0. The van der Waals surface area contributed by atoms with Crippen molar-refractivity contribution in [3.05, 3.63) is 29.8 Å². The van der Waals surface area contributed by atoms with Crippen LogP contribution in [0.3, 0.4) is 0 Å². The molecule has 0 spiro atoms. The minimum atomic E-state index is -1.17. The molecule has 0 radical (unpaired) electrons. The number of nitrogens with zero attached hydrogens (tertiary/aromatic N) is 1. The maximum Gasteiger partial charge on any atom is 0.338 e. The predicted octanol–water partition coefficient (Wildman–Crippen LogP) is 1.99. The van der Waals surface area contributed by atoms with Crippen molar-refractivity contribution < 1.29 is 19.1 Å². The first kappa shape index (κ1) is 16.4. The number of ketones is 1. The zero-order valence-corrected chi connectivity index (χ0v) is 11.9. The largest absolute Gasteiger partial charge is 0.494 e. The lowest BCUT2D eigenvalue weighted by atomic mass is 10.0. The van der Waals surface area contributed by atoms with Gasteiger partial charge in [-0.3, -0.25) is 4.79 Å². The first-order valence-corrected chi connectivity index (χ1v) is 6.37. The van der Waals surface area contributed by atoms with E-state index in [0.29, 0.717) is 12.4 Å². The molecule has 0 amide bonds. The maximum atomic E-state index is 11.7. The van der Waals surface area contributed by atoms with Gasteiger partial charge in [-0.1, -0.05) is 0 Å². The Hall–Kier alpha value is -2.68. The first-order chi connectivity index (χ1) is 9.99. The molecule has 0 aliphatic rings. The van der Waals surface area contributed by atoms with Gasteiger partial charge in [0.25, 0.3) is 0 Å². The lowest BCUT2D eigenvalue weighted by Gasteiger charge is -2.08. The van der Waals surface area contributed by atoms with Gasteiger partial charge in [-0.15, -0.1) is 0 Å². The van der Waals surface area contributed by atoms with Crippen LogP contribution in [-0.4, -0.2) is 30.7 Å². The fourth-order valence-corrected chi connectivity index (χ4v) is 1.57. The van der Waals surface area contributed by atoms with Gasteiger partial charge in [0.05, 0.1) is 18.2 Å². The van der Waals surface area contributed by atoms with Crippen LogP contribution >= 0.6 is 0 Å². The smallest absolute Gasteiger partial charge is 0.338 e. The summed E-state index contributed by atoms with van der Waals surface area (Å²) in [7, 11) is 0. The summed E-state index contributed by atoms with van der Waals surface area (Å²) in [4.78, 5) is 23.4. The number of nitrogens with one attached hydrogen (secondary N) is 1. The molecule has 0 saturated heterocycles. The van der Waals surface area contributed by atoms with E-state index in [1.54, 1.807) is 18.2 Å². The minimum absolute atomic E-state index is 0.0698. The Morgan fingerprint density at radius 2 is 1.95 bits per heavy atom. The average molecular weight is 288 g/mol. The van der Waals surface area contributed by atoms with Gasteiger partial charge in [-0.25, -0.2) is 4.79 Å². The minimum Gasteiger partial charge on any atom is -0.494 e. The van der Waals surface area contributed by atoms with Crippen molar-refractivity contribution in [3.63, 3.8) is 0 Å². The van der Waals surface area contributed by atoms with E-state index in [0.717, 1.165) is 0 Å². The number of hydrogen-bond donors (Lipinski definition) is 1. The maximum absolute atomic E-state index is 11.7. The Balaban J connectivity index is 2.59. The second-order valence-electron chi connectivity index (χ2n) is 4.24. The van der Waals surface area contributed by atoms with Crippen molar-refractivity contribution in [2.45, 2.75) is 13.8 Å². The van der Waals surface area contributed by atoms with Crippen molar-refractivity contribution >= 4 is 17.5 Å². The topological polar surface area (TPSA) is 100 Å². The molecule has 6 nitrogen and oxygen atoms in total. The van der Waals surface area contributed by atoms with Gasteiger partial charge in [-0.2, -0.15) is 5.26 Å². The quantitative estimate of drug-likeness (QED) is 0.611. The van der Waals surface area contributed by atoms with Gasteiger partial charge >= 0.3 is 5.97 Å². The van der Waals surface area contributed by atoms with Crippen molar-refractivity contribution in [1.29, 1.82) is 10.7 Å². The van der Waals surface area contributed by atoms with Gasteiger partial charge in [-0.05, 0) is 38.1 Å². The van der Waals surface area contributed by atoms with Crippen LogP contribution in [-0.2, 0) is 9.53 Å². The average Bonchev–Trinajstić information content (AvgIpc) is 2.46. The van der Waals surface area contributed by atoms with Crippen molar-refractivity contribution in [1.82, 2.24) is 0 Å². The molecule has 1 aromatic carbocycles. The van der Waals surface area contributed by atoms with Crippen LogP contribution in [0.4, 0.5) is 0 Å². The highest BCUT2D eigenvalue weighted by atomic mass is 16.5. The summed E-state index contributed by atoms with van der Waals surface area (Å²) < 4.78 is 10.1. The number of hydrogen-bond acceptors (Lipinski definition) is 6. The molecule has 1 rings (SSSR count). The molecule has 1 N–H and O–H groups in total. The summed E-state index contributed by atoms with van der Waals surface area (Å²) in [6.45, 7) is 3.21. The monoisotopic (exact) mass is 288 g/mol. The molecule has 6 heteroatoms. The van der Waals surface area contributed by atoms with E-state index in [4.69, 9.17) is 20.1 Å². The number of nitriles is 1. The van der Waals surface area contributed by atoms with Crippen molar-refractivity contribution in [2.24, 2.45) is 5.92 Å². The third-order valence-electron chi connectivity index (χ3n) is 2.63. The Kier molecular flexibility index (Phi) is 6.08. The van der Waals surface area contributed by atoms with Crippen LogP contribution in [0, 0.1) is 22.7 Å². The number of rotatable bonds is 7. The summed E-state index contributed by atoms with van der Waals surface area (Å²) in [5.41, 5.74) is 0.214. The molecule has 0 fully saturated rings. The molecule has 0 heterocycles. The van der Waals surface area contributed by atoms with Crippen LogP contribution in [0.15, 0.2) is 24.3 Å². The Morgan fingerprint density at radius 3 is 2.43 bits per heavy atom. The zero-order chi connectivity index (χ0) is 15.8. The second-order valence-corrected chi connectivity index (χ2v) is 4.24. The Labute approximate surface area is 122 Å². The third-order valence-corrected chi connectivity index (χ3v) is 2.63. The standard InChI is InChI=1S/C15H16N2O4/c1-3-20-12-6-4-11(5-7-12)15(19)21-9-14(18)13(8-16)10(2)17/h4-7,13,17H,3,9H2,1-2H3/t13-/m0/s1. The second kappa shape index (κ2) is 7.80. The zero-order valence-electron chi connectivity index (χ0n) is 11.9. The van der Waals surface area contributed by atoms with Gasteiger partial charge in [0.2, 0.25) is 0 Å². The Morgan fingerprint density at radius 1 is 1.33 bits per heavy atom. The first-order valence-electron chi connectivity index (χ1n) is 6.37. The van der Waals surface area contributed by atoms with Gasteiger partial charge in [0.1, 0.15) is 11.7 Å². The number of carbonyl (C=O) groups excluding carboxylic acids is 2. The van der Waals surface area contributed by atoms with Crippen LogP contribution in [0.1, 0.15) is 24.2 Å². The lowest BCUT2D eigenvalue weighted by molar-refractivity contribution is -0.122. The molecule has 0 saturated carbocycles. The summed E-state index contributed by atoms with van der Waals surface area (Å²) in [5.74, 6) is -1.80. The molecular formula is C15H16N2O4.